The zero-order chi connectivity index (χ0) is 12.8. The summed E-state index contributed by atoms with van der Waals surface area (Å²) in [7, 11) is 0. The Bertz CT molecular complexity index is 758. The highest BCUT2D eigenvalue weighted by atomic mass is 35.5. The summed E-state index contributed by atoms with van der Waals surface area (Å²) in [4.78, 5) is 0. The standard InChI is InChI=1S/C16H14ClNO/c17-15-7-14-10(8-18-11-5-6-11)9-19-16(14)13-4-2-1-3-12(13)15/h1-4,7,9,11,18H,5-6,8H2. The molecule has 0 bridgehead atoms. The lowest BCUT2D eigenvalue weighted by Gasteiger charge is -2.03. The molecule has 0 spiro atoms. The van der Waals surface area contributed by atoms with Crippen molar-refractivity contribution in [2.24, 2.45) is 0 Å². The fourth-order valence-electron chi connectivity index (χ4n) is 2.54. The van der Waals surface area contributed by atoms with Crippen molar-refractivity contribution in [3.63, 3.8) is 0 Å². The van der Waals surface area contributed by atoms with E-state index in [-0.39, 0.29) is 0 Å². The number of benzene rings is 2. The summed E-state index contributed by atoms with van der Waals surface area (Å²) in [6.07, 6.45) is 4.43. The van der Waals surface area contributed by atoms with Crippen LogP contribution in [0.3, 0.4) is 0 Å². The van der Waals surface area contributed by atoms with Crippen LogP contribution in [-0.4, -0.2) is 6.04 Å². The average Bonchev–Trinajstić information content (AvgIpc) is 3.18. The zero-order valence-corrected chi connectivity index (χ0v) is 11.2. The smallest absolute Gasteiger partial charge is 0.142 e. The summed E-state index contributed by atoms with van der Waals surface area (Å²) in [5, 5.41) is 7.56. The Balaban J connectivity index is 1.88. The molecule has 19 heavy (non-hydrogen) atoms. The monoisotopic (exact) mass is 271 g/mol. The minimum Gasteiger partial charge on any atom is -0.463 e. The van der Waals surface area contributed by atoms with Crippen molar-refractivity contribution in [2.45, 2.75) is 25.4 Å². The van der Waals surface area contributed by atoms with Crippen LogP contribution in [0.25, 0.3) is 21.7 Å². The van der Waals surface area contributed by atoms with Gasteiger partial charge < -0.3 is 9.73 Å². The molecule has 3 aromatic rings. The van der Waals surface area contributed by atoms with Crippen LogP contribution in [0, 0.1) is 0 Å². The SMILES string of the molecule is Clc1cc2c(CNC3CC3)coc2c2ccccc12. The van der Waals surface area contributed by atoms with Crippen molar-refractivity contribution < 1.29 is 4.42 Å². The molecule has 1 aliphatic carbocycles. The second-order valence-electron chi connectivity index (χ2n) is 5.20. The van der Waals surface area contributed by atoms with Crippen LogP contribution in [-0.2, 0) is 6.54 Å². The molecule has 0 amide bonds. The first-order valence-electron chi connectivity index (χ1n) is 6.63. The highest BCUT2D eigenvalue weighted by Gasteiger charge is 2.21. The normalized spacial score (nSPS) is 15.4. The third-order valence-corrected chi connectivity index (χ3v) is 4.08. The third-order valence-electron chi connectivity index (χ3n) is 3.77. The van der Waals surface area contributed by atoms with Gasteiger partial charge in [-0.1, -0.05) is 35.9 Å². The topological polar surface area (TPSA) is 25.2 Å². The Morgan fingerprint density at radius 2 is 1.95 bits per heavy atom. The van der Waals surface area contributed by atoms with Gasteiger partial charge in [-0.05, 0) is 18.9 Å². The molecular weight excluding hydrogens is 258 g/mol. The number of rotatable bonds is 3. The molecule has 1 heterocycles. The van der Waals surface area contributed by atoms with Crippen LogP contribution in [0.4, 0.5) is 0 Å². The maximum absolute atomic E-state index is 6.38. The van der Waals surface area contributed by atoms with Crippen LogP contribution in [0.15, 0.2) is 41.0 Å². The molecule has 1 aliphatic rings. The summed E-state index contributed by atoms with van der Waals surface area (Å²) in [5.41, 5.74) is 2.13. The molecular formula is C16H14ClNO. The molecule has 1 N–H and O–H groups in total. The van der Waals surface area contributed by atoms with Crippen molar-refractivity contribution in [3.8, 4) is 0 Å². The maximum atomic E-state index is 6.38. The molecule has 2 aromatic carbocycles. The van der Waals surface area contributed by atoms with E-state index in [0.29, 0.717) is 6.04 Å². The molecule has 3 heteroatoms. The van der Waals surface area contributed by atoms with E-state index in [1.165, 1.54) is 18.4 Å². The van der Waals surface area contributed by atoms with Crippen molar-refractivity contribution in [2.75, 3.05) is 0 Å². The van der Waals surface area contributed by atoms with Gasteiger partial charge in [0.15, 0.2) is 0 Å². The Labute approximate surface area is 116 Å². The van der Waals surface area contributed by atoms with Gasteiger partial charge in [-0.2, -0.15) is 0 Å². The lowest BCUT2D eigenvalue weighted by atomic mass is 10.1. The molecule has 2 nitrogen and oxygen atoms in total. The predicted molar refractivity (Wildman–Crippen MR) is 78.6 cm³/mol. The van der Waals surface area contributed by atoms with Gasteiger partial charge in [0, 0.05) is 39.3 Å². The highest BCUT2D eigenvalue weighted by Crippen LogP contribution is 2.34. The van der Waals surface area contributed by atoms with Gasteiger partial charge >= 0.3 is 0 Å². The van der Waals surface area contributed by atoms with Gasteiger partial charge in [0.05, 0.1) is 6.26 Å². The summed E-state index contributed by atoms with van der Waals surface area (Å²) in [6, 6.07) is 10.8. The summed E-state index contributed by atoms with van der Waals surface area (Å²) >= 11 is 6.38. The molecule has 0 unspecified atom stereocenters. The van der Waals surface area contributed by atoms with E-state index in [0.717, 1.165) is 33.3 Å². The Hall–Kier alpha value is -1.51. The second-order valence-corrected chi connectivity index (χ2v) is 5.60. The molecule has 1 fully saturated rings. The number of fused-ring (bicyclic) bond motifs is 3. The van der Waals surface area contributed by atoms with Gasteiger partial charge in [0.1, 0.15) is 5.58 Å². The second kappa shape index (κ2) is 4.26. The quantitative estimate of drug-likeness (QED) is 0.759. The van der Waals surface area contributed by atoms with E-state index in [1.54, 1.807) is 0 Å². The van der Waals surface area contributed by atoms with E-state index in [1.807, 2.05) is 30.5 Å². The molecule has 1 saturated carbocycles. The first-order chi connectivity index (χ1) is 9.33. The van der Waals surface area contributed by atoms with Gasteiger partial charge in [-0.15, -0.1) is 0 Å². The number of furan rings is 1. The molecule has 0 saturated heterocycles. The zero-order valence-electron chi connectivity index (χ0n) is 10.4. The molecule has 96 valence electrons. The third kappa shape index (κ3) is 1.92. The van der Waals surface area contributed by atoms with E-state index in [9.17, 15) is 0 Å². The van der Waals surface area contributed by atoms with Crippen molar-refractivity contribution >= 4 is 33.3 Å². The molecule has 1 aromatic heterocycles. The van der Waals surface area contributed by atoms with E-state index < -0.39 is 0 Å². The van der Waals surface area contributed by atoms with E-state index in [4.69, 9.17) is 16.0 Å². The van der Waals surface area contributed by atoms with E-state index in [2.05, 4.69) is 11.4 Å². The van der Waals surface area contributed by atoms with Crippen LogP contribution in [0.5, 0.6) is 0 Å². The van der Waals surface area contributed by atoms with Crippen LogP contribution >= 0.6 is 11.6 Å². The molecule has 0 radical (unpaired) electrons. The lowest BCUT2D eigenvalue weighted by molar-refractivity contribution is 0.604. The fourth-order valence-corrected chi connectivity index (χ4v) is 2.82. The van der Waals surface area contributed by atoms with Crippen molar-refractivity contribution in [3.05, 3.63) is 47.2 Å². The summed E-state index contributed by atoms with van der Waals surface area (Å²) in [6.45, 7) is 0.854. The van der Waals surface area contributed by atoms with Crippen molar-refractivity contribution in [1.29, 1.82) is 0 Å². The Kier molecular flexibility index (Phi) is 2.54. The largest absolute Gasteiger partial charge is 0.463 e. The minimum atomic E-state index is 0.695. The van der Waals surface area contributed by atoms with Crippen LogP contribution in [0.1, 0.15) is 18.4 Å². The van der Waals surface area contributed by atoms with Gasteiger partial charge in [0.25, 0.3) is 0 Å². The molecule has 0 atom stereocenters. The van der Waals surface area contributed by atoms with E-state index >= 15 is 0 Å². The number of halogens is 1. The average molecular weight is 272 g/mol. The highest BCUT2D eigenvalue weighted by molar-refractivity contribution is 6.37. The first-order valence-corrected chi connectivity index (χ1v) is 7.01. The Morgan fingerprint density at radius 3 is 2.74 bits per heavy atom. The van der Waals surface area contributed by atoms with Gasteiger partial charge in [-0.25, -0.2) is 0 Å². The summed E-state index contributed by atoms with van der Waals surface area (Å²) < 4.78 is 5.77. The molecule has 4 rings (SSSR count). The predicted octanol–water partition coefficient (Wildman–Crippen LogP) is 4.49. The number of hydrogen-bond donors (Lipinski definition) is 1. The minimum absolute atomic E-state index is 0.695. The van der Waals surface area contributed by atoms with Crippen molar-refractivity contribution in [1.82, 2.24) is 5.32 Å². The number of nitrogens with one attached hydrogen (secondary N) is 1. The summed E-state index contributed by atoms with van der Waals surface area (Å²) in [5.74, 6) is 0. The fraction of sp³-hybridized carbons (Fsp3) is 0.250. The van der Waals surface area contributed by atoms with Gasteiger partial charge in [0.2, 0.25) is 0 Å². The molecule has 0 aliphatic heterocycles. The lowest BCUT2D eigenvalue weighted by Crippen LogP contribution is -2.14. The Morgan fingerprint density at radius 1 is 1.16 bits per heavy atom. The van der Waals surface area contributed by atoms with Crippen LogP contribution < -0.4 is 5.32 Å². The van der Waals surface area contributed by atoms with Crippen LogP contribution in [0.2, 0.25) is 5.02 Å². The first kappa shape index (κ1) is 11.3. The number of hydrogen-bond acceptors (Lipinski definition) is 2. The van der Waals surface area contributed by atoms with Gasteiger partial charge in [-0.3, -0.25) is 0 Å². The maximum Gasteiger partial charge on any atom is 0.142 e.